The van der Waals surface area contributed by atoms with Gasteiger partial charge in [-0.05, 0) is 72.7 Å². The van der Waals surface area contributed by atoms with Crippen molar-refractivity contribution in [3.05, 3.63) is 87.9 Å². The van der Waals surface area contributed by atoms with Crippen LogP contribution in [0.15, 0.2) is 71.7 Å². The third-order valence-electron chi connectivity index (χ3n) is 4.21. The Hall–Kier alpha value is -2.46. The van der Waals surface area contributed by atoms with Gasteiger partial charge in [-0.15, -0.1) is 11.3 Å². The summed E-state index contributed by atoms with van der Waals surface area (Å²) in [5, 5.41) is 2.26. The molecule has 138 valence electrons. The second-order valence-electron chi connectivity index (χ2n) is 6.34. The Labute approximate surface area is 177 Å². The molecule has 1 heterocycles. The summed E-state index contributed by atoms with van der Waals surface area (Å²) in [7, 11) is 0. The lowest BCUT2D eigenvalue weighted by atomic mass is 10.2. The summed E-state index contributed by atoms with van der Waals surface area (Å²) in [6.45, 7) is 2.10. The molecule has 0 radical (unpaired) electrons. The Bertz CT molecular complexity index is 1190. The van der Waals surface area contributed by atoms with Gasteiger partial charge in [0, 0.05) is 21.8 Å². The maximum absolute atomic E-state index is 6.15. The van der Waals surface area contributed by atoms with Gasteiger partial charge in [-0.3, -0.25) is 4.99 Å². The van der Waals surface area contributed by atoms with E-state index >= 15 is 0 Å². The predicted octanol–water partition coefficient (Wildman–Crippen LogP) is 7.99. The first kappa shape index (κ1) is 18.9. The maximum atomic E-state index is 6.15. The molecular formula is C23H16Cl2N2S. The first-order valence-electron chi connectivity index (χ1n) is 8.72. The summed E-state index contributed by atoms with van der Waals surface area (Å²) in [6, 6.07) is 19.8. The lowest BCUT2D eigenvalue weighted by Crippen LogP contribution is -1.76. The van der Waals surface area contributed by atoms with Crippen LogP contribution in [0.4, 0.5) is 5.69 Å². The highest BCUT2D eigenvalue weighted by Crippen LogP contribution is 2.31. The smallest absolute Gasteiger partial charge is 0.124 e. The molecule has 0 aliphatic carbocycles. The summed E-state index contributed by atoms with van der Waals surface area (Å²) in [5.41, 5.74) is 5.17. The standard InChI is InChI=1S/C23H16Cl2N2S/c1-15-4-11-21-22(13-15)28-23(27-21)17-6-9-19(10-7-17)26-12-2-3-16-5-8-18(24)14-20(16)25/h2-14H,1H3. The van der Waals surface area contributed by atoms with Gasteiger partial charge < -0.3 is 0 Å². The van der Waals surface area contributed by atoms with Crippen molar-refractivity contribution >= 4 is 62.7 Å². The molecule has 4 rings (SSSR count). The van der Waals surface area contributed by atoms with Gasteiger partial charge >= 0.3 is 0 Å². The van der Waals surface area contributed by atoms with Crippen LogP contribution in [0.3, 0.4) is 0 Å². The van der Waals surface area contributed by atoms with E-state index in [0.29, 0.717) is 10.0 Å². The Morgan fingerprint density at radius 3 is 2.57 bits per heavy atom. The minimum absolute atomic E-state index is 0.618. The number of aromatic nitrogens is 1. The molecule has 0 atom stereocenters. The lowest BCUT2D eigenvalue weighted by Gasteiger charge is -1.98. The van der Waals surface area contributed by atoms with Gasteiger partial charge in [0.15, 0.2) is 0 Å². The van der Waals surface area contributed by atoms with Crippen molar-refractivity contribution < 1.29 is 0 Å². The second-order valence-corrected chi connectivity index (χ2v) is 8.21. The molecule has 3 aromatic carbocycles. The molecule has 0 aliphatic rings. The highest BCUT2D eigenvalue weighted by atomic mass is 35.5. The largest absolute Gasteiger partial charge is 0.257 e. The number of fused-ring (bicyclic) bond motifs is 1. The van der Waals surface area contributed by atoms with E-state index in [0.717, 1.165) is 27.3 Å². The quantitative estimate of drug-likeness (QED) is 0.305. The number of aryl methyl sites for hydroxylation is 1. The van der Waals surface area contributed by atoms with Crippen LogP contribution >= 0.6 is 34.5 Å². The zero-order valence-corrected chi connectivity index (χ0v) is 17.4. The van der Waals surface area contributed by atoms with E-state index in [1.807, 2.05) is 36.4 Å². The van der Waals surface area contributed by atoms with Crippen LogP contribution in [0.5, 0.6) is 0 Å². The fraction of sp³-hybridized carbons (Fsp3) is 0.0435. The van der Waals surface area contributed by atoms with Crippen molar-refractivity contribution in [3.8, 4) is 10.6 Å². The molecule has 0 aliphatic heterocycles. The predicted molar refractivity (Wildman–Crippen MR) is 123 cm³/mol. The number of allylic oxidation sites excluding steroid dienone is 1. The fourth-order valence-electron chi connectivity index (χ4n) is 2.76. The van der Waals surface area contributed by atoms with Crippen molar-refractivity contribution in [2.45, 2.75) is 6.92 Å². The number of hydrogen-bond donors (Lipinski definition) is 0. The molecule has 0 saturated heterocycles. The van der Waals surface area contributed by atoms with Crippen LogP contribution in [0.25, 0.3) is 26.9 Å². The molecule has 28 heavy (non-hydrogen) atoms. The lowest BCUT2D eigenvalue weighted by molar-refractivity contribution is 1.45. The SMILES string of the molecule is Cc1ccc2nc(-c3ccc(N=CC=Cc4ccc(Cl)cc4Cl)cc3)sc2c1. The number of benzene rings is 3. The molecule has 4 aromatic rings. The highest BCUT2D eigenvalue weighted by Gasteiger charge is 2.06. The summed E-state index contributed by atoms with van der Waals surface area (Å²) >= 11 is 13.8. The molecule has 0 N–H and O–H groups in total. The van der Waals surface area contributed by atoms with Gasteiger partial charge in [-0.1, -0.05) is 41.4 Å². The summed E-state index contributed by atoms with van der Waals surface area (Å²) in [4.78, 5) is 9.18. The van der Waals surface area contributed by atoms with Crippen LogP contribution in [0.2, 0.25) is 10.0 Å². The topological polar surface area (TPSA) is 25.2 Å². The van der Waals surface area contributed by atoms with E-state index in [1.54, 1.807) is 23.6 Å². The zero-order valence-electron chi connectivity index (χ0n) is 15.1. The van der Waals surface area contributed by atoms with Crippen molar-refractivity contribution in [2.24, 2.45) is 4.99 Å². The first-order chi connectivity index (χ1) is 13.6. The number of rotatable bonds is 4. The Morgan fingerprint density at radius 1 is 0.964 bits per heavy atom. The van der Waals surface area contributed by atoms with Gasteiger partial charge in [0.2, 0.25) is 0 Å². The average molecular weight is 423 g/mol. The van der Waals surface area contributed by atoms with Crippen molar-refractivity contribution in [3.63, 3.8) is 0 Å². The monoisotopic (exact) mass is 422 g/mol. The fourth-order valence-corrected chi connectivity index (χ4v) is 4.30. The number of aliphatic imine (C=N–C) groups is 1. The number of nitrogens with zero attached hydrogens (tertiary/aromatic N) is 2. The molecule has 5 heteroatoms. The number of thiazole rings is 1. The maximum Gasteiger partial charge on any atom is 0.124 e. The molecule has 0 amide bonds. The molecule has 1 aromatic heterocycles. The van der Waals surface area contributed by atoms with Crippen molar-refractivity contribution in [1.29, 1.82) is 0 Å². The highest BCUT2D eigenvalue weighted by molar-refractivity contribution is 7.21. The Morgan fingerprint density at radius 2 is 1.79 bits per heavy atom. The molecule has 0 fully saturated rings. The molecule has 0 unspecified atom stereocenters. The summed E-state index contributed by atoms with van der Waals surface area (Å²) in [6.07, 6.45) is 5.51. The van der Waals surface area contributed by atoms with E-state index < -0.39 is 0 Å². The van der Waals surface area contributed by atoms with E-state index in [-0.39, 0.29) is 0 Å². The van der Waals surface area contributed by atoms with Crippen molar-refractivity contribution in [2.75, 3.05) is 0 Å². The van der Waals surface area contributed by atoms with Gasteiger partial charge in [0.05, 0.1) is 15.9 Å². The van der Waals surface area contributed by atoms with Crippen LogP contribution < -0.4 is 0 Å². The number of hydrogen-bond acceptors (Lipinski definition) is 3. The third-order valence-corrected chi connectivity index (χ3v) is 5.84. The average Bonchev–Trinajstić information content (AvgIpc) is 3.10. The van der Waals surface area contributed by atoms with E-state index in [2.05, 4.69) is 42.2 Å². The first-order valence-corrected chi connectivity index (χ1v) is 10.3. The minimum atomic E-state index is 0.618. The van der Waals surface area contributed by atoms with Crippen LogP contribution in [0, 0.1) is 6.92 Å². The van der Waals surface area contributed by atoms with Gasteiger partial charge in [-0.25, -0.2) is 4.98 Å². The second kappa shape index (κ2) is 8.27. The summed E-state index contributed by atoms with van der Waals surface area (Å²) < 4.78 is 1.21. The van der Waals surface area contributed by atoms with Gasteiger partial charge in [0.25, 0.3) is 0 Å². The minimum Gasteiger partial charge on any atom is -0.257 e. The Kier molecular flexibility index (Phi) is 5.58. The van der Waals surface area contributed by atoms with E-state index in [4.69, 9.17) is 28.2 Å². The normalized spacial score (nSPS) is 11.8. The molecular weight excluding hydrogens is 407 g/mol. The van der Waals surface area contributed by atoms with Crippen LogP contribution in [-0.2, 0) is 0 Å². The zero-order chi connectivity index (χ0) is 19.5. The van der Waals surface area contributed by atoms with E-state index in [1.165, 1.54) is 10.3 Å². The number of halogens is 2. The third kappa shape index (κ3) is 4.33. The van der Waals surface area contributed by atoms with Crippen LogP contribution in [0.1, 0.15) is 11.1 Å². The van der Waals surface area contributed by atoms with Crippen molar-refractivity contribution in [1.82, 2.24) is 4.98 Å². The molecule has 2 nitrogen and oxygen atoms in total. The van der Waals surface area contributed by atoms with Gasteiger partial charge in [0.1, 0.15) is 5.01 Å². The molecule has 0 spiro atoms. The van der Waals surface area contributed by atoms with E-state index in [9.17, 15) is 0 Å². The summed E-state index contributed by atoms with van der Waals surface area (Å²) in [5.74, 6) is 0. The Balaban J connectivity index is 1.48. The van der Waals surface area contributed by atoms with Crippen LogP contribution in [-0.4, -0.2) is 11.2 Å². The van der Waals surface area contributed by atoms with Gasteiger partial charge in [-0.2, -0.15) is 0 Å². The molecule has 0 bridgehead atoms. The molecule has 0 saturated carbocycles.